The molecular weight excluding hydrogens is 414 g/mol. The Bertz CT molecular complexity index is 1240. The van der Waals surface area contributed by atoms with Crippen molar-refractivity contribution in [1.29, 1.82) is 0 Å². The smallest absolute Gasteiger partial charge is 0.251 e. The molecule has 0 atom stereocenters. The molecule has 1 saturated carbocycles. The molecule has 2 fully saturated rings. The second kappa shape index (κ2) is 7.12. The lowest BCUT2D eigenvalue weighted by molar-refractivity contribution is -0.0561. The fourth-order valence-electron chi connectivity index (χ4n) is 4.50. The summed E-state index contributed by atoms with van der Waals surface area (Å²) < 4.78 is 34.1. The van der Waals surface area contributed by atoms with E-state index in [1.165, 1.54) is 4.31 Å². The molecule has 1 saturated heterocycles. The molecule has 1 aliphatic heterocycles. The summed E-state index contributed by atoms with van der Waals surface area (Å²) in [5.74, 6) is -0.229. The van der Waals surface area contributed by atoms with Crippen LogP contribution < -0.4 is 5.32 Å². The summed E-state index contributed by atoms with van der Waals surface area (Å²) in [4.78, 5) is 17.4. The minimum absolute atomic E-state index is 0.158. The summed E-state index contributed by atoms with van der Waals surface area (Å²) in [6.45, 7) is 0.315. The van der Waals surface area contributed by atoms with E-state index in [1.54, 1.807) is 55.8 Å². The molecule has 5 rings (SSSR count). The highest BCUT2D eigenvalue weighted by Crippen LogP contribution is 2.52. The van der Waals surface area contributed by atoms with Crippen molar-refractivity contribution in [1.82, 2.24) is 14.6 Å². The number of rotatable bonds is 6. The standard InChI is InChI=1S/C23H23N3O4S/c1-30-23(12-13-23)22(25-21(27)18-7-3-2-4-8-18)15-26(16-22)31(28,29)19-11-5-9-17-10-6-14-24-20(17)19/h2-11,14H,12-13,15-16H2,1H3,(H,25,27). The summed E-state index contributed by atoms with van der Waals surface area (Å²) in [5, 5.41) is 3.87. The Balaban J connectivity index is 1.45. The van der Waals surface area contributed by atoms with Gasteiger partial charge in [0.15, 0.2) is 0 Å². The van der Waals surface area contributed by atoms with Gasteiger partial charge in [-0.1, -0.05) is 36.4 Å². The number of aromatic nitrogens is 1. The first-order valence-corrected chi connectivity index (χ1v) is 11.6. The quantitative estimate of drug-likeness (QED) is 0.640. The summed E-state index contributed by atoms with van der Waals surface area (Å²) >= 11 is 0. The summed E-state index contributed by atoms with van der Waals surface area (Å²) in [6.07, 6.45) is 3.15. The normalized spacial score (nSPS) is 19.5. The maximum Gasteiger partial charge on any atom is 0.251 e. The number of carbonyl (C=O) groups is 1. The lowest BCUT2D eigenvalue weighted by Crippen LogP contribution is -2.77. The number of carbonyl (C=O) groups excluding carboxylic acids is 1. The van der Waals surface area contributed by atoms with Crippen LogP contribution in [-0.4, -0.2) is 55.0 Å². The second-order valence-corrected chi connectivity index (χ2v) is 10.1. The molecule has 0 unspecified atom stereocenters. The van der Waals surface area contributed by atoms with Crippen LogP contribution in [0.15, 0.2) is 71.8 Å². The molecule has 31 heavy (non-hydrogen) atoms. The second-order valence-electron chi connectivity index (χ2n) is 8.21. The van der Waals surface area contributed by atoms with E-state index in [-0.39, 0.29) is 23.9 Å². The molecular formula is C23H23N3O4S. The van der Waals surface area contributed by atoms with Crippen LogP contribution in [0.2, 0.25) is 0 Å². The van der Waals surface area contributed by atoms with Crippen molar-refractivity contribution >= 4 is 26.8 Å². The molecule has 1 amide bonds. The lowest BCUT2D eigenvalue weighted by Gasteiger charge is -2.53. The number of sulfonamides is 1. The van der Waals surface area contributed by atoms with Gasteiger partial charge < -0.3 is 10.1 Å². The number of benzene rings is 2. The zero-order chi connectivity index (χ0) is 21.7. The number of ether oxygens (including phenoxy) is 1. The summed E-state index contributed by atoms with van der Waals surface area (Å²) in [5.41, 5.74) is -0.322. The third kappa shape index (κ3) is 3.13. The predicted octanol–water partition coefficient (Wildman–Crippen LogP) is 2.59. The topological polar surface area (TPSA) is 88.6 Å². The molecule has 2 aliphatic rings. The molecule has 3 aromatic rings. The molecule has 0 spiro atoms. The van der Waals surface area contributed by atoms with Crippen LogP contribution in [0.5, 0.6) is 0 Å². The van der Waals surface area contributed by atoms with Crippen molar-refractivity contribution in [3.05, 3.63) is 72.4 Å². The van der Waals surface area contributed by atoms with Gasteiger partial charge in [0.1, 0.15) is 4.90 Å². The average molecular weight is 438 g/mol. The van der Waals surface area contributed by atoms with Gasteiger partial charge in [0.25, 0.3) is 5.91 Å². The number of amides is 1. The summed E-state index contributed by atoms with van der Waals surface area (Å²) in [7, 11) is -2.16. The van der Waals surface area contributed by atoms with Crippen molar-refractivity contribution in [3.8, 4) is 0 Å². The van der Waals surface area contributed by atoms with Gasteiger partial charge in [-0.15, -0.1) is 0 Å². The van der Waals surface area contributed by atoms with Gasteiger partial charge >= 0.3 is 0 Å². The van der Waals surface area contributed by atoms with E-state index < -0.39 is 21.2 Å². The highest BCUT2D eigenvalue weighted by Gasteiger charge is 2.67. The third-order valence-corrected chi connectivity index (χ3v) is 8.29. The molecule has 160 valence electrons. The van der Waals surface area contributed by atoms with Gasteiger partial charge in [0.05, 0.1) is 16.7 Å². The molecule has 2 aromatic carbocycles. The Morgan fingerprint density at radius 1 is 1.03 bits per heavy atom. The largest absolute Gasteiger partial charge is 0.376 e. The Hall–Kier alpha value is -2.81. The SMILES string of the molecule is COC1(C2(NC(=O)c3ccccc3)CN(S(=O)(=O)c3cccc4cccnc34)C2)CC1. The first-order chi connectivity index (χ1) is 14.9. The van der Waals surface area contributed by atoms with Gasteiger partial charge in [-0.2, -0.15) is 4.31 Å². The molecule has 1 N–H and O–H groups in total. The fourth-order valence-corrected chi connectivity index (χ4v) is 6.23. The van der Waals surface area contributed by atoms with Gasteiger partial charge in [-0.3, -0.25) is 9.78 Å². The van der Waals surface area contributed by atoms with Crippen LogP contribution in [-0.2, 0) is 14.8 Å². The van der Waals surface area contributed by atoms with E-state index in [4.69, 9.17) is 4.74 Å². The number of pyridine rings is 1. The van der Waals surface area contributed by atoms with Crippen molar-refractivity contribution in [2.75, 3.05) is 20.2 Å². The number of nitrogens with zero attached hydrogens (tertiary/aromatic N) is 2. The first-order valence-electron chi connectivity index (χ1n) is 10.2. The van der Waals surface area contributed by atoms with Crippen LogP contribution in [0.25, 0.3) is 10.9 Å². The zero-order valence-electron chi connectivity index (χ0n) is 17.1. The minimum Gasteiger partial charge on any atom is -0.376 e. The third-order valence-electron chi connectivity index (χ3n) is 6.46. The van der Waals surface area contributed by atoms with E-state index >= 15 is 0 Å². The number of fused-ring (bicyclic) bond motifs is 1. The first kappa shape index (κ1) is 20.1. The van der Waals surface area contributed by atoms with E-state index in [0.717, 1.165) is 18.2 Å². The van der Waals surface area contributed by atoms with Gasteiger partial charge in [0, 0.05) is 37.3 Å². The van der Waals surface area contributed by atoms with Crippen LogP contribution in [0.1, 0.15) is 23.2 Å². The van der Waals surface area contributed by atoms with E-state index in [9.17, 15) is 13.2 Å². The number of hydrogen-bond donors (Lipinski definition) is 1. The molecule has 1 aliphatic carbocycles. The Kier molecular flexibility index (Phi) is 4.62. The van der Waals surface area contributed by atoms with Crippen LogP contribution >= 0.6 is 0 Å². The van der Waals surface area contributed by atoms with Crippen LogP contribution in [0, 0.1) is 0 Å². The number of nitrogens with one attached hydrogen (secondary N) is 1. The van der Waals surface area contributed by atoms with E-state index in [2.05, 4.69) is 10.3 Å². The number of hydrogen-bond acceptors (Lipinski definition) is 5. The highest BCUT2D eigenvalue weighted by molar-refractivity contribution is 7.89. The van der Waals surface area contributed by atoms with E-state index in [1.807, 2.05) is 18.2 Å². The van der Waals surface area contributed by atoms with E-state index in [0.29, 0.717) is 11.1 Å². The zero-order valence-corrected chi connectivity index (χ0v) is 17.9. The average Bonchev–Trinajstić information content (AvgIpc) is 3.57. The Morgan fingerprint density at radius 2 is 1.74 bits per heavy atom. The molecule has 0 bridgehead atoms. The van der Waals surface area contributed by atoms with Crippen molar-refractivity contribution < 1.29 is 17.9 Å². The predicted molar refractivity (Wildman–Crippen MR) is 116 cm³/mol. The van der Waals surface area contributed by atoms with Crippen molar-refractivity contribution in [3.63, 3.8) is 0 Å². The Morgan fingerprint density at radius 3 is 2.42 bits per heavy atom. The van der Waals surface area contributed by atoms with Crippen LogP contribution in [0.3, 0.4) is 0 Å². The molecule has 8 heteroatoms. The lowest BCUT2D eigenvalue weighted by atomic mass is 9.83. The van der Waals surface area contributed by atoms with Gasteiger partial charge in [-0.25, -0.2) is 8.42 Å². The van der Waals surface area contributed by atoms with Gasteiger partial charge in [-0.05, 0) is 37.1 Å². The molecule has 2 heterocycles. The minimum atomic E-state index is -3.78. The molecule has 7 nitrogen and oxygen atoms in total. The van der Waals surface area contributed by atoms with Crippen molar-refractivity contribution in [2.24, 2.45) is 0 Å². The number of methoxy groups -OCH3 is 1. The van der Waals surface area contributed by atoms with Crippen LogP contribution in [0.4, 0.5) is 0 Å². The van der Waals surface area contributed by atoms with Gasteiger partial charge in [0.2, 0.25) is 10.0 Å². The number of para-hydroxylation sites is 1. The maximum absolute atomic E-state index is 13.4. The Labute approximate surface area is 181 Å². The highest BCUT2D eigenvalue weighted by atomic mass is 32.2. The van der Waals surface area contributed by atoms with Crippen molar-refractivity contribution in [2.45, 2.75) is 28.9 Å². The molecule has 0 radical (unpaired) electrons. The summed E-state index contributed by atoms with van der Waals surface area (Å²) in [6, 6.07) is 17.7. The fraction of sp³-hybridized carbons (Fsp3) is 0.304. The maximum atomic E-state index is 13.4. The molecule has 1 aromatic heterocycles. The monoisotopic (exact) mass is 437 g/mol.